The molecule has 1 amide bonds. The summed E-state index contributed by atoms with van der Waals surface area (Å²) in [6.07, 6.45) is 2.25. The second-order valence-corrected chi connectivity index (χ2v) is 4.89. The predicted octanol–water partition coefficient (Wildman–Crippen LogP) is 1.72. The van der Waals surface area contributed by atoms with Crippen molar-refractivity contribution in [1.82, 2.24) is 4.90 Å². The van der Waals surface area contributed by atoms with Crippen molar-refractivity contribution in [3.8, 4) is 11.8 Å². The molecule has 3 nitrogen and oxygen atoms in total. The molecule has 4 heteroatoms. The van der Waals surface area contributed by atoms with Crippen LogP contribution in [0.25, 0.3) is 0 Å². The smallest absolute Gasteiger partial charge is 0.254 e. The molecular formula is C13H15NO2S. The third kappa shape index (κ3) is 2.87. The normalized spacial score (nSPS) is 14.0. The summed E-state index contributed by atoms with van der Waals surface area (Å²) in [7, 11) is 0. The Balaban J connectivity index is 2.10. The molecule has 1 N–H and O–H groups in total. The van der Waals surface area contributed by atoms with E-state index in [1.807, 2.05) is 17.2 Å². The Labute approximate surface area is 105 Å². The number of nitrogens with zero attached hydrogens (tertiary/aromatic N) is 1. The molecule has 0 aromatic carbocycles. The lowest BCUT2D eigenvalue weighted by Crippen LogP contribution is -2.32. The number of carbonyl (C=O) groups is 1. The van der Waals surface area contributed by atoms with E-state index in [1.165, 1.54) is 11.3 Å². The van der Waals surface area contributed by atoms with Crippen LogP contribution in [0.3, 0.4) is 0 Å². The van der Waals surface area contributed by atoms with Crippen molar-refractivity contribution in [2.24, 2.45) is 0 Å². The molecule has 0 unspecified atom stereocenters. The minimum absolute atomic E-state index is 0.100. The molecule has 1 aliphatic carbocycles. The van der Waals surface area contributed by atoms with E-state index in [4.69, 9.17) is 5.11 Å². The lowest BCUT2D eigenvalue weighted by molar-refractivity contribution is 0.0753. The second-order valence-electron chi connectivity index (χ2n) is 3.98. The Kier molecular flexibility index (Phi) is 3.82. The van der Waals surface area contributed by atoms with Crippen molar-refractivity contribution in [3.63, 3.8) is 0 Å². The molecule has 1 heterocycles. The van der Waals surface area contributed by atoms with Crippen molar-refractivity contribution in [2.75, 3.05) is 13.2 Å². The minimum Gasteiger partial charge on any atom is -0.384 e. The first-order chi connectivity index (χ1) is 8.26. The maximum absolute atomic E-state index is 12.2. The molecule has 0 aliphatic heterocycles. The van der Waals surface area contributed by atoms with Gasteiger partial charge in [0.25, 0.3) is 5.91 Å². The highest BCUT2D eigenvalue weighted by Gasteiger charge is 2.32. The van der Waals surface area contributed by atoms with E-state index in [2.05, 4.69) is 11.8 Å². The molecule has 2 rings (SSSR count). The van der Waals surface area contributed by atoms with Gasteiger partial charge in [0, 0.05) is 18.0 Å². The molecule has 1 aromatic heterocycles. The summed E-state index contributed by atoms with van der Waals surface area (Å²) >= 11 is 1.45. The van der Waals surface area contributed by atoms with Crippen molar-refractivity contribution >= 4 is 17.2 Å². The van der Waals surface area contributed by atoms with Gasteiger partial charge in [-0.3, -0.25) is 4.79 Å². The van der Waals surface area contributed by atoms with Crippen molar-refractivity contribution in [2.45, 2.75) is 25.8 Å². The average Bonchev–Trinajstić information content (AvgIpc) is 3.05. The highest BCUT2D eigenvalue weighted by atomic mass is 32.1. The predicted molar refractivity (Wildman–Crippen MR) is 68.0 cm³/mol. The van der Waals surface area contributed by atoms with Crippen LogP contribution < -0.4 is 0 Å². The van der Waals surface area contributed by atoms with Crippen LogP contribution in [0.2, 0.25) is 0 Å². The van der Waals surface area contributed by atoms with Crippen LogP contribution in [-0.4, -0.2) is 35.1 Å². The number of carbonyl (C=O) groups excluding carboxylic acids is 1. The van der Waals surface area contributed by atoms with Gasteiger partial charge in [-0.05, 0) is 25.8 Å². The summed E-state index contributed by atoms with van der Waals surface area (Å²) in [5.41, 5.74) is 0.714. The molecule has 1 fully saturated rings. The number of thiophene rings is 1. The van der Waals surface area contributed by atoms with E-state index >= 15 is 0 Å². The Bertz CT molecular complexity index is 465. The molecule has 0 radical (unpaired) electrons. The molecule has 0 atom stereocenters. The summed E-state index contributed by atoms with van der Waals surface area (Å²) in [6, 6.07) is 2.25. The van der Waals surface area contributed by atoms with Crippen molar-refractivity contribution < 1.29 is 9.90 Å². The highest BCUT2D eigenvalue weighted by molar-refractivity contribution is 7.10. The van der Waals surface area contributed by atoms with Gasteiger partial charge < -0.3 is 10.0 Å². The molecule has 1 aliphatic rings. The maximum atomic E-state index is 12.2. The van der Waals surface area contributed by atoms with E-state index in [1.54, 1.807) is 6.07 Å². The summed E-state index contributed by atoms with van der Waals surface area (Å²) in [5, 5.41) is 10.4. The van der Waals surface area contributed by atoms with Gasteiger partial charge in [-0.15, -0.1) is 11.3 Å². The Hall–Kier alpha value is -1.31. The Morgan fingerprint density at radius 3 is 3.00 bits per heavy atom. The van der Waals surface area contributed by atoms with Crippen LogP contribution >= 0.6 is 11.3 Å². The van der Waals surface area contributed by atoms with Crippen LogP contribution in [0.15, 0.2) is 11.4 Å². The first-order valence-electron chi connectivity index (χ1n) is 5.75. The fourth-order valence-corrected chi connectivity index (χ4v) is 2.51. The van der Waals surface area contributed by atoms with E-state index in [-0.39, 0.29) is 12.5 Å². The molecule has 0 bridgehead atoms. The second kappa shape index (κ2) is 5.35. The molecule has 17 heavy (non-hydrogen) atoms. The van der Waals surface area contributed by atoms with Gasteiger partial charge in [-0.25, -0.2) is 0 Å². The monoisotopic (exact) mass is 249 g/mol. The third-order valence-corrected chi connectivity index (χ3v) is 3.57. The summed E-state index contributed by atoms with van der Waals surface area (Å²) in [5.74, 6) is 5.51. The van der Waals surface area contributed by atoms with Gasteiger partial charge >= 0.3 is 0 Å². The highest BCUT2D eigenvalue weighted by Crippen LogP contribution is 2.28. The Morgan fingerprint density at radius 1 is 1.65 bits per heavy atom. The molecular weight excluding hydrogens is 234 g/mol. The number of hydrogen-bond acceptors (Lipinski definition) is 3. The van der Waals surface area contributed by atoms with Crippen LogP contribution in [0.1, 0.15) is 35.0 Å². The third-order valence-electron chi connectivity index (χ3n) is 2.73. The zero-order valence-corrected chi connectivity index (χ0v) is 10.6. The molecule has 90 valence electrons. The maximum Gasteiger partial charge on any atom is 0.254 e. The molecule has 0 spiro atoms. The lowest BCUT2D eigenvalue weighted by atomic mass is 10.2. The largest absolute Gasteiger partial charge is 0.384 e. The van der Waals surface area contributed by atoms with Gasteiger partial charge in [0.15, 0.2) is 0 Å². The SMILES string of the molecule is CCN(C(=O)c1csc(C#CCO)c1)C1CC1. The number of amides is 1. The summed E-state index contributed by atoms with van der Waals surface area (Å²) in [4.78, 5) is 14.9. The minimum atomic E-state index is -0.148. The summed E-state index contributed by atoms with van der Waals surface area (Å²) < 4.78 is 0. The first-order valence-corrected chi connectivity index (χ1v) is 6.63. The standard InChI is InChI=1S/C13H15NO2S/c1-2-14(11-5-6-11)13(16)10-8-12(17-9-10)4-3-7-15/h8-9,11,15H,2,5-7H2,1H3. The van der Waals surface area contributed by atoms with Crippen LogP contribution in [0.5, 0.6) is 0 Å². The topological polar surface area (TPSA) is 40.5 Å². The molecule has 1 aromatic rings. The zero-order chi connectivity index (χ0) is 12.3. The lowest BCUT2D eigenvalue weighted by Gasteiger charge is -2.19. The van der Waals surface area contributed by atoms with E-state index in [0.717, 1.165) is 24.3 Å². The number of rotatable bonds is 3. The van der Waals surface area contributed by atoms with Crippen molar-refractivity contribution in [1.29, 1.82) is 0 Å². The zero-order valence-electron chi connectivity index (χ0n) is 9.77. The summed E-state index contributed by atoms with van der Waals surface area (Å²) in [6.45, 7) is 2.62. The van der Waals surface area contributed by atoms with E-state index in [0.29, 0.717) is 11.6 Å². The van der Waals surface area contributed by atoms with Gasteiger partial charge in [-0.1, -0.05) is 11.8 Å². The number of aliphatic hydroxyl groups excluding tert-OH is 1. The fourth-order valence-electron chi connectivity index (χ4n) is 1.76. The Morgan fingerprint density at radius 2 is 2.41 bits per heavy atom. The van der Waals surface area contributed by atoms with Crippen LogP contribution in [-0.2, 0) is 0 Å². The number of hydrogen-bond donors (Lipinski definition) is 1. The van der Waals surface area contributed by atoms with E-state index < -0.39 is 0 Å². The van der Waals surface area contributed by atoms with Gasteiger partial charge in [0.05, 0.1) is 10.4 Å². The average molecular weight is 249 g/mol. The van der Waals surface area contributed by atoms with Crippen LogP contribution in [0.4, 0.5) is 0 Å². The number of aliphatic hydroxyl groups is 1. The van der Waals surface area contributed by atoms with Crippen LogP contribution in [0, 0.1) is 11.8 Å². The van der Waals surface area contributed by atoms with E-state index in [9.17, 15) is 4.79 Å². The van der Waals surface area contributed by atoms with Gasteiger partial charge in [0.1, 0.15) is 6.61 Å². The first kappa shape index (κ1) is 12.2. The van der Waals surface area contributed by atoms with Crippen molar-refractivity contribution in [3.05, 3.63) is 21.9 Å². The molecule has 0 saturated heterocycles. The quantitative estimate of drug-likeness (QED) is 0.829. The van der Waals surface area contributed by atoms with Gasteiger partial charge in [0.2, 0.25) is 0 Å². The molecule has 1 saturated carbocycles. The van der Waals surface area contributed by atoms with Gasteiger partial charge in [-0.2, -0.15) is 0 Å². The fraction of sp³-hybridized carbons (Fsp3) is 0.462.